The van der Waals surface area contributed by atoms with Gasteiger partial charge in [-0.1, -0.05) is 29.5 Å². The van der Waals surface area contributed by atoms with Crippen molar-refractivity contribution in [3.05, 3.63) is 53.6 Å². The lowest BCUT2D eigenvalue weighted by Gasteiger charge is -2.27. The number of nitrogens with one attached hydrogen (secondary N) is 3. The second kappa shape index (κ2) is 9.22. The van der Waals surface area contributed by atoms with Crippen molar-refractivity contribution < 1.29 is 19.2 Å². The molecule has 3 aromatic rings. The summed E-state index contributed by atoms with van der Waals surface area (Å²) in [6.45, 7) is 1.40. The van der Waals surface area contributed by atoms with Crippen LogP contribution in [0.1, 0.15) is 46.4 Å². The molecule has 1 aromatic heterocycles. The number of carbonyl (C=O) groups excluding carboxylic acids is 4. The molecule has 9 nitrogen and oxygen atoms in total. The third-order valence-corrected chi connectivity index (χ3v) is 6.95. The van der Waals surface area contributed by atoms with Crippen molar-refractivity contribution in [1.29, 1.82) is 0 Å². The predicted octanol–water partition coefficient (Wildman–Crippen LogP) is 3.00. The highest BCUT2D eigenvalue weighted by atomic mass is 32.1. The van der Waals surface area contributed by atoms with Crippen LogP contribution in [0.3, 0.4) is 0 Å². The number of hydrogen-bond acceptors (Lipinski definition) is 8. The molecule has 0 bridgehead atoms. The fraction of sp³-hybridized carbons (Fsp3) is 0.292. The highest BCUT2D eigenvalue weighted by Crippen LogP contribution is 2.32. The minimum Gasteiger partial charge on any atom is -0.384 e. The van der Waals surface area contributed by atoms with Gasteiger partial charge in [-0.15, -0.1) is 0 Å². The summed E-state index contributed by atoms with van der Waals surface area (Å²) in [7, 11) is 0. The molecule has 0 radical (unpaired) electrons. The fourth-order valence-electron chi connectivity index (χ4n) is 4.28. The van der Waals surface area contributed by atoms with Crippen LogP contribution in [0.25, 0.3) is 10.2 Å². The lowest BCUT2D eigenvalue weighted by molar-refractivity contribution is -0.136. The lowest BCUT2D eigenvalue weighted by atomic mass is 10.0. The SMILES string of the molecule is O=C1CCC(N2C(=O)c3cccc(NCCCCNc4nc5ccccc5s4)c3C2=O)C(=O)N1. The molecule has 3 N–H and O–H groups in total. The molecule has 10 heteroatoms. The molecule has 34 heavy (non-hydrogen) atoms. The zero-order valence-electron chi connectivity index (χ0n) is 18.3. The van der Waals surface area contributed by atoms with Crippen LogP contribution >= 0.6 is 11.3 Å². The molecular weight excluding hydrogens is 454 g/mol. The number of thiazole rings is 1. The van der Waals surface area contributed by atoms with Crippen LogP contribution in [0.5, 0.6) is 0 Å². The maximum Gasteiger partial charge on any atom is 0.264 e. The van der Waals surface area contributed by atoms with Gasteiger partial charge in [-0.05, 0) is 43.5 Å². The Labute approximate surface area is 199 Å². The third-order valence-electron chi connectivity index (χ3n) is 5.96. The Kier molecular flexibility index (Phi) is 5.97. The number of aromatic nitrogens is 1. The zero-order valence-corrected chi connectivity index (χ0v) is 19.1. The molecule has 0 spiro atoms. The monoisotopic (exact) mass is 477 g/mol. The number of hydrogen-bond donors (Lipinski definition) is 3. The number of nitrogens with zero attached hydrogens (tertiary/aromatic N) is 2. The first-order valence-corrected chi connectivity index (χ1v) is 12.0. The van der Waals surface area contributed by atoms with Crippen LogP contribution in [-0.2, 0) is 9.59 Å². The van der Waals surface area contributed by atoms with E-state index < -0.39 is 29.7 Å². The standard InChI is InChI=1S/C24H23N5O4S/c30-19-11-10-17(21(31)28-19)29-22(32)14-6-5-8-16(20(14)23(29)33)25-12-3-4-13-26-24-27-15-7-1-2-9-18(15)34-24/h1-2,5-9,17,25H,3-4,10-13H2,(H,26,27)(H,28,30,31). The van der Waals surface area contributed by atoms with Crippen LogP contribution in [-0.4, -0.2) is 52.6 Å². The minimum atomic E-state index is -0.966. The van der Waals surface area contributed by atoms with E-state index in [0.717, 1.165) is 39.6 Å². The number of para-hydroxylation sites is 1. The fourth-order valence-corrected chi connectivity index (χ4v) is 5.17. The number of carbonyl (C=O) groups is 4. The highest BCUT2D eigenvalue weighted by Gasteiger charge is 2.45. The average molecular weight is 478 g/mol. The smallest absolute Gasteiger partial charge is 0.264 e. The van der Waals surface area contributed by atoms with Crippen molar-refractivity contribution >= 4 is 56.0 Å². The summed E-state index contributed by atoms with van der Waals surface area (Å²) in [5.74, 6) is -2.01. The Morgan fingerprint density at radius 1 is 0.971 bits per heavy atom. The van der Waals surface area contributed by atoms with Gasteiger partial charge in [0.2, 0.25) is 11.8 Å². The predicted molar refractivity (Wildman–Crippen MR) is 129 cm³/mol. The number of piperidine rings is 1. The molecule has 2 aromatic carbocycles. The van der Waals surface area contributed by atoms with E-state index in [4.69, 9.17) is 0 Å². The van der Waals surface area contributed by atoms with Gasteiger partial charge in [0.1, 0.15) is 6.04 Å². The van der Waals surface area contributed by atoms with Gasteiger partial charge < -0.3 is 10.6 Å². The van der Waals surface area contributed by atoms with Crippen molar-refractivity contribution in [2.24, 2.45) is 0 Å². The zero-order chi connectivity index (χ0) is 23.7. The van der Waals surface area contributed by atoms with Gasteiger partial charge in [-0.3, -0.25) is 29.4 Å². The van der Waals surface area contributed by atoms with E-state index in [1.807, 2.05) is 24.3 Å². The largest absolute Gasteiger partial charge is 0.384 e. The Balaban J connectivity index is 1.17. The van der Waals surface area contributed by atoms with Crippen LogP contribution in [0.4, 0.5) is 10.8 Å². The number of rotatable bonds is 8. The number of anilines is 2. The maximum absolute atomic E-state index is 13.1. The van der Waals surface area contributed by atoms with Gasteiger partial charge in [0.15, 0.2) is 5.13 Å². The normalized spacial score (nSPS) is 17.8. The molecule has 1 unspecified atom stereocenters. The highest BCUT2D eigenvalue weighted by molar-refractivity contribution is 7.22. The maximum atomic E-state index is 13.1. The number of fused-ring (bicyclic) bond motifs is 2. The summed E-state index contributed by atoms with van der Waals surface area (Å²) in [6, 6.07) is 12.1. The quantitative estimate of drug-likeness (QED) is 0.337. The third kappa shape index (κ3) is 4.12. The second-order valence-corrected chi connectivity index (χ2v) is 9.25. The van der Waals surface area contributed by atoms with E-state index in [-0.39, 0.29) is 24.0 Å². The summed E-state index contributed by atoms with van der Waals surface area (Å²) in [5, 5.41) is 9.72. The second-order valence-electron chi connectivity index (χ2n) is 8.22. The van der Waals surface area contributed by atoms with Gasteiger partial charge in [0.05, 0.1) is 21.3 Å². The molecule has 4 amide bonds. The van der Waals surface area contributed by atoms with Gasteiger partial charge in [-0.2, -0.15) is 0 Å². The summed E-state index contributed by atoms with van der Waals surface area (Å²) in [4.78, 5) is 55.2. The van der Waals surface area contributed by atoms with E-state index >= 15 is 0 Å². The Hall–Kier alpha value is -3.79. The molecule has 3 heterocycles. The number of benzene rings is 2. The van der Waals surface area contributed by atoms with Gasteiger partial charge in [-0.25, -0.2) is 4.98 Å². The topological polar surface area (TPSA) is 120 Å². The summed E-state index contributed by atoms with van der Waals surface area (Å²) >= 11 is 1.62. The van der Waals surface area contributed by atoms with Gasteiger partial charge in [0, 0.05) is 25.2 Å². The van der Waals surface area contributed by atoms with Gasteiger partial charge >= 0.3 is 0 Å². The number of unbranched alkanes of at least 4 members (excludes halogenated alkanes) is 1. The van der Waals surface area contributed by atoms with Gasteiger partial charge in [0.25, 0.3) is 11.8 Å². The molecule has 5 rings (SSSR count). The molecule has 0 saturated carbocycles. The van der Waals surface area contributed by atoms with E-state index in [1.54, 1.807) is 29.5 Å². The first kappa shape index (κ1) is 22.0. The first-order valence-electron chi connectivity index (χ1n) is 11.2. The number of imide groups is 2. The van der Waals surface area contributed by atoms with E-state index in [1.165, 1.54) is 0 Å². The lowest BCUT2D eigenvalue weighted by Crippen LogP contribution is -2.54. The summed E-state index contributed by atoms with van der Waals surface area (Å²) in [6.07, 6.45) is 1.98. The molecular formula is C24H23N5O4S. The average Bonchev–Trinajstić information content (AvgIpc) is 3.35. The molecule has 1 saturated heterocycles. The van der Waals surface area contributed by atoms with Crippen molar-refractivity contribution in [3.63, 3.8) is 0 Å². The minimum absolute atomic E-state index is 0.0972. The van der Waals surface area contributed by atoms with E-state index in [2.05, 4.69) is 20.9 Å². The summed E-state index contributed by atoms with van der Waals surface area (Å²) < 4.78 is 1.15. The van der Waals surface area contributed by atoms with Crippen molar-refractivity contribution in [2.45, 2.75) is 31.7 Å². The molecule has 0 aliphatic carbocycles. The van der Waals surface area contributed by atoms with Crippen molar-refractivity contribution in [1.82, 2.24) is 15.2 Å². The van der Waals surface area contributed by atoms with Crippen LogP contribution in [0, 0.1) is 0 Å². The Bertz CT molecular complexity index is 1270. The Morgan fingerprint density at radius 2 is 1.76 bits per heavy atom. The summed E-state index contributed by atoms with van der Waals surface area (Å²) in [5.41, 5.74) is 2.12. The van der Waals surface area contributed by atoms with Crippen LogP contribution in [0.2, 0.25) is 0 Å². The van der Waals surface area contributed by atoms with Crippen LogP contribution in [0.15, 0.2) is 42.5 Å². The van der Waals surface area contributed by atoms with Crippen LogP contribution < -0.4 is 16.0 Å². The Morgan fingerprint density at radius 3 is 2.56 bits per heavy atom. The van der Waals surface area contributed by atoms with Crippen molar-refractivity contribution in [2.75, 3.05) is 23.7 Å². The molecule has 1 atom stereocenters. The first-order chi connectivity index (χ1) is 16.5. The molecule has 174 valence electrons. The van der Waals surface area contributed by atoms with E-state index in [0.29, 0.717) is 12.2 Å². The molecule has 2 aliphatic heterocycles. The molecule has 2 aliphatic rings. The van der Waals surface area contributed by atoms with Crippen molar-refractivity contribution in [3.8, 4) is 0 Å². The van der Waals surface area contributed by atoms with E-state index in [9.17, 15) is 19.2 Å². The molecule has 1 fully saturated rings. The number of amides is 4.